The van der Waals surface area contributed by atoms with Crippen molar-refractivity contribution >= 4 is 45.9 Å². The molecule has 0 unspecified atom stereocenters. The molecule has 0 aliphatic carbocycles. The standard InChI is InChI=1S/C19H17N3OS2/c1-12-10-15(5-4-13(12)11-20)21-17(24)19(2,3)22(18(21)25)14-6-8-16(23)9-7-14/h4-10,23H,1-3H3. The number of thiocarbonyl (C=S) groups is 2. The third kappa shape index (κ3) is 2.76. The molecule has 25 heavy (non-hydrogen) atoms. The number of rotatable bonds is 2. The first-order valence-corrected chi connectivity index (χ1v) is 8.57. The predicted molar refractivity (Wildman–Crippen MR) is 108 cm³/mol. The number of hydrogen-bond donors (Lipinski definition) is 1. The maximum atomic E-state index is 9.54. The van der Waals surface area contributed by atoms with Gasteiger partial charge in [0.25, 0.3) is 0 Å². The maximum Gasteiger partial charge on any atom is 0.186 e. The van der Waals surface area contributed by atoms with E-state index in [2.05, 4.69) is 6.07 Å². The van der Waals surface area contributed by atoms with Gasteiger partial charge < -0.3 is 10.0 Å². The number of aryl methyl sites for hydroxylation is 1. The summed E-state index contributed by atoms with van der Waals surface area (Å²) in [5.74, 6) is 0.203. The fourth-order valence-electron chi connectivity index (χ4n) is 2.97. The summed E-state index contributed by atoms with van der Waals surface area (Å²) in [6, 6.07) is 14.6. The average Bonchev–Trinajstić information content (AvgIpc) is 2.74. The molecule has 2 aromatic carbocycles. The van der Waals surface area contributed by atoms with Crippen LogP contribution < -0.4 is 9.80 Å². The molecule has 1 aliphatic rings. The minimum Gasteiger partial charge on any atom is -0.508 e. The van der Waals surface area contributed by atoms with Crippen molar-refractivity contribution in [1.82, 2.24) is 0 Å². The topological polar surface area (TPSA) is 50.5 Å². The van der Waals surface area contributed by atoms with Crippen molar-refractivity contribution in [2.24, 2.45) is 0 Å². The molecule has 1 heterocycles. The zero-order chi connectivity index (χ0) is 18.4. The summed E-state index contributed by atoms with van der Waals surface area (Å²) in [4.78, 5) is 4.54. The molecule has 0 aromatic heterocycles. The van der Waals surface area contributed by atoms with Gasteiger partial charge in [-0.1, -0.05) is 12.2 Å². The van der Waals surface area contributed by atoms with Crippen molar-refractivity contribution in [2.45, 2.75) is 26.3 Å². The van der Waals surface area contributed by atoms with Crippen LogP contribution in [0.15, 0.2) is 42.5 Å². The first-order chi connectivity index (χ1) is 11.8. The molecule has 0 saturated carbocycles. The highest BCUT2D eigenvalue weighted by atomic mass is 32.1. The fraction of sp³-hybridized carbons (Fsp3) is 0.211. The Morgan fingerprint density at radius 1 is 1.04 bits per heavy atom. The van der Waals surface area contributed by atoms with Crippen LogP contribution in [0.2, 0.25) is 0 Å². The van der Waals surface area contributed by atoms with Crippen LogP contribution in [-0.4, -0.2) is 20.7 Å². The van der Waals surface area contributed by atoms with Crippen LogP contribution in [0.5, 0.6) is 5.75 Å². The van der Waals surface area contributed by atoms with Crippen molar-refractivity contribution in [3.05, 3.63) is 53.6 Å². The lowest BCUT2D eigenvalue weighted by atomic mass is 10.0. The predicted octanol–water partition coefficient (Wildman–Crippen LogP) is 4.29. The first kappa shape index (κ1) is 17.3. The van der Waals surface area contributed by atoms with Gasteiger partial charge >= 0.3 is 0 Å². The van der Waals surface area contributed by atoms with Crippen molar-refractivity contribution in [3.63, 3.8) is 0 Å². The Labute approximate surface area is 157 Å². The zero-order valence-corrected chi connectivity index (χ0v) is 15.8. The Balaban J connectivity index is 2.07. The van der Waals surface area contributed by atoms with Crippen LogP contribution in [0.4, 0.5) is 11.4 Å². The normalized spacial score (nSPS) is 16.2. The lowest BCUT2D eigenvalue weighted by molar-refractivity contribution is 0.475. The number of hydrogen-bond acceptors (Lipinski definition) is 4. The van der Waals surface area contributed by atoms with Crippen LogP contribution in [0.1, 0.15) is 25.0 Å². The lowest BCUT2D eigenvalue weighted by Gasteiger charge is -2.30. The molecule has 1 saturated heterocycles. The van der Waals surface area contributed by atoms with Gasteiger partial charge in [0.15, 0.2) is 5.11 Å². The monoisotopic (exact) mass is 367 g/mol. The summed E-state index contributed by atoms with van der Waals surface area (Å²) in [6.07, 6.45) is 0. The molecule has 1 aliphatic heterocycles. The number of phenolic OH excluding ortho intramolecular Hbond substituents is 1. The Morgan fingerprint density at radius 2 is 1.64 bits per heavy atom. The third-order valence-corrected chi connectivity index (χ3v) is 5.41. The quantitative estimate of drug-likeness (QED) is 0.799. The van der Waals surface area contributed by atoms with E-state index in [0.29, 0.717) is 15.7 Å². The SMILES string of the molecule is Cc1cc(N2C(=S)N(c3ccc(O)cc3)C(C)(C)C2=S)ccc1C#N. The minimum absolute atomic E-state index is 0.203. The molecule has 1 fully saturated rings. The Bertz CT molecular complexity index is 913. The van der Waals surface area contributed by atoms with Crippen LogP contribution >= 0.6 is 24.4 Å². The van der Waals surface area contributed by atoms with E-state index < -0.39 is 5.54 Å². The van der Waals surface area contributed by atoms with E-state index >= 15 is 0 Å². The molecule has 3 rings (SSSR count). The van der Waals surface area contributed by atoms with Gasteiger partial charge in [-0.25, -0.2) is 0 Å². The van der Waals surface area contributed by atoms with Crippen LogP contribution in [0.25, 0.3) is 0 Å². The number of nitriles is 1. The van der Waals surface area contributed by atoms with Crippen LogP contribution in [0, 0.1) is 18.3 Å². The first-order valence-electron chi connectivity index (χ1n) is 7.76. The molecule has 0 radical (unpaired) electrons. The summed E-state index contributed by atoms with van der Waals surface area (Å²) < 4.78 is 0. The Morgan fingerprint density at radius 3 is 2.20 bits per heavy atom. The molecular weight excluding hydrogens is 350 g/mol. The van der Waals surface area contributed by atoms with E-state index in [4.69, 9.17) is 29.7 Å². The van der Waals surface area contributed by atoms with Gasteiger partial charge in [0.05, 0.1) is 17.2 Å². The summed E-state index contributed by atoms with van der Waals surface area (Å²) in [5, 5.41) is 19.2. The number of phenols is 1. The van der Waals surface area contributed by atoms with E-state index in [1.807, 2.05) is 54.8 Å². The fourth-order valence-corrected chi connectivity index (χ4v) is 3.84. The van der Waals surface area contributed by atoms with E-state index in [0.717, 1.165) is 16.9 Å². The molecule has 0 amide bonds. The number of aromatic hydroxyl groups is 1. The summed E-state index contributed by atoms with van der Waals surface area (Å²) >= 11 is 11.5. The Hall–Kier alpha value is -2.49. The summed E-state index contributed by atoms with van der Waals surface area (Å²) in [5.41, 5.74) is 2.73. The summed E-state index contributed by atoms with van der Waals surface area (Å²) in [7, 11) is 0. The van der Waals surface area contributed by atoms with Gasteiger partial charge in [-0.15, -0.1) is 0 Å². The second-order valence-electron chi connectivity index (χ2n) is 6.44. The van der Waals surface area contributed by atoms with Crippen molar-refractivity contribution < 1.29 is 5.11 Å². The molecule has 0 atom stereocenters. The number of anilines is 2. The average molecular weight is 367 g/mol. The van der Waals surface area contributed by atoms with Gasteiger partial charge in [0, 0.05) is 11.4 Å². The molecule has 4 nitrogen and oxygen atoms in total. The smallest absolute Gasteiger partial charge is 0.186 e. The van der Waals surface area contributed by atoms with Gasteiger partial charge in [0.1, 0.15) is 10.7 Å². The highest BCUT2D eigenvalue weighted by molar-refractivity contribution is 7.83. The molecule has 2 aromatic rings. The van der Waals surface area contributed by atoms with E-state index in [-0.39, 0.29) is 5.75 Å². The zero-order valence-electron chi connectivity index (χ0n) is 14.1. The molecule has 0 spiro atoms. The molecule has 1 N–H and O–H groups in total. The van der Waals surface area contributed by atoms with Crippen molar-refractivity contribution in [2.75, 3.05) is 9.80 Å². The second-order valence-corrected chi connectivity index (χ2v) is 7.20. The van der Waals surface area contributed by atoms with Crippen LogP contribution in [0.3, 0.4) is 0 Å². The molecule has 6 heteroatoms. The Kier molecular flexibility index (Phi) is 4.23. The van der Waals surface area contributed by atoms with Crippen LogP contribution in [-0.2, 0) is 0 Å². The summed E-state index contributed by atoms with van der Waals surface area (Å²) in [6.45, 7) is 5.93. The maximum absolute atomic E-state index is 9.54. The largest absolute Gasteiger partial charge is 0.508 e. The van der Waals surface area contributed by atoms with Crippen molar-refractivity contribution in [1.29, 1.82) is 5.26 Å². The highest BCUT2D eigenvalue weighted by Crippen LogP contribution is 2.37. The van der Waals surface area contributed by atoms with E-state index in [9.17, 15) is 5.11 Å². The van der Waals surface area contributed by atoms with Gasteiger partial charge in [-0.05, 0) is 81.0 Å². The van der Waals surface area contributed by atoms with Gasteiger partial charge in [-0.2, -0.15) is 5.26 Å². The highest BCUT2D eigenvalue weighted by Gasteiger charge is 2.47. The second kappa shape index (κ2) is 6.10. The number of benzene rings is 2. The molecule has 126 valence electrons. The number of nitrogens with zero attached hydrogens (tertiary/aromatic N) is 3. The van der Waals surface area contributed by atoms with Crippen molar-refractivity contribution in [3.8, 4) is 11.8 Å². The molecule has 0 bridgehead atoms. The van der Waals surface area contributed by atoms with E-state index in [1.54, 1.807) is 18.2 Å². The molecular formula is C19H17N3OS2. The van der Waals surface area contributed by atoms with Gasteiger partial charge in [0.2, 0.25) is 0 Å². The lowest BCUT2D eigenvalue weighted by Crippen LogP contribution is -2.43. The van der Waals surface area contributed by atoms with Gasteiger partial charge in [-0.3, -0.25) is 4.90 Å². The third-order valence-electron chi connectivity index (χ3n) is 4.36. The minimum atomic E-state index is -0.495. The van der Waals surface area contributed by atoms with E-state index in [1.165, 1.54) is 0 Å².